The largest absolute Gasteiger partial charge is 0.422 e. The van der Waals surface area contributed by atoms with E-state index in [1.165, 1.54) is 22.7 Å². The van der Waals surface area contributed by atoms with E-state index in [2.05, 4.69) is 4.98 Å². The molecule has 0 bridgehead atoms. The maximum Gasteiger partial charge on any atom is 0.363 e. The summed E-state index contributed by atoms with van der Waals surface area (Å²) in [5, 5.41) is 2.39. The predicted octanol–water partition coefficient (Wildman–Crippen LogP) is 5.16. The highest BCUT2D eigenvalue weighted by Gasteiger charge is 2.21. The van der Waals surface area contributed by atoms with Crippen LogP contribution in [0.3, 0.4) is 0 Å². The standard InChI is InChI=1S/C24H20N2O4S2/c1-17-8-10-18(11-9-17)23-25-22(16-31-23)24(27)30-20-14-12-19(13-15-20)26(2)32(28,29)21-6-4-3-5-7-21/h3-16H,1-2H3. The highest BCUT2D eigenvalue weighted by molar-refractivity contribution is 7.92. The van der Waals surface area contributed by atoms with Crippen LogP contribution in [0.1, 0.15) is 16.1 Å². The predicted molar refractivity (Wildman–Crippen MR) is 126 cm³/mol. The number of carbonyl (C=O) groups excluding carboxylic acids is 1. The number of thiazole rings is 1. The van der Waals surface area contributed by atoms with Crippen LogP contribution in [0.25, 0.3) is 10.6 Å². The third kappa shape index (κ3) is 4.56. The van der Waals surface area contributed by atoms with E-state index in [0.29, 0.717) is 11.4 Å². The van der Waals surface area contributed by atoms with Gasteiger partial charge in [-0.2, -0.15) is 0 Å². The highest BCUT2D eigenvalue weighted by Crippen LogP contribution is 2.26. The van der Waals surface area contributed by atoms with Gasteiger partial charge in [0.25, 0.3) is 10.0 Å². The minimum Gasteiger partial charge on any atom is -0.422 e. The number of benzene rings is 3. The van der Waals surface area contributed by atoms with Gasteiger partial charge < -0.3 is 4.74 Å². The topological polar surface area (TPSA) is 76.6 Å². The van der Waals surface area contributed by atoms with Crippen LogP contribution in [0, 0.1) is 6.92 Å². The van der Waals surface area contributed by atoms with Crippen LogP contribution >= 0.6 is 11.3 Å². The molecule has 0 atom stereocenters. The SMILES string of the molecule is Cc1ccc(-c2nc(C(=O)Oc3ccc(N(C)S(=O)(=O)c4ccccc4)cc3)cs2)cc1. The molecular weight excluding hydrogens is 444 g/mol. The number of sulfonamides is 1. The van der Waals surface area contributed by atoms with Crippen LogP contribution < -0.4 is 9.04 Å². The van der Waals surface area contributed by atoms with Gasteiger partial charge in [-0.05, 0) is 43.3 Å². The number of aromatic nitrogens is 1. The van der Waals surface area contributed by atoms with Gasteiger partial charge in [-0.1, -0.05) is 48.0 Å². The van der Waals surface area contributed by atoms with Crippen molar-refractivity contribution in [3.05, 3.63) is 95.5 Å². The van der Waals surface area contributed by atoms with E-state index < -0.39 is 16.0 Å². The number of hydrogen-bond donors (Lipinski definition) is 0. The number of nitrogens with zero attached hydrogens (tertiary/aromatic N) is 2. The van der Waals surface area contributed by atoms with Gasteiger partial charge in [-0.25, -0.2) is 18.2 Å². The molecular formula is C24H20N2O4S2. The van der Waals surface area contributed by atoms with Crippen molar-refractivity contribution >= 4 is 33.0 Å². The zero-order valence-corrected chi connectivity index (χ0v) is 19.1. The van der Waals surface area contributed by atoms with Crippen molar-refractivity contribution in [1.29, 1.82) is 0 Å². The zero-order valence-electron chi connectivity index (χ0n) is 17.4. The van der Waals surface area contributed by atoms with Crippen LogP contribution in [0.2, 0.25) is 0 Å². The Bertz CT molecular complexity index is 1330. The van der Waals surface area contributed by atoms with Crippen molar-refractivity contribution in [2.45, 2.75) is 11.8 Å². The molecule has 0 unspecified atom stereocenters. The Morgan fingerprint density at radius 1 is 0.938 bits per heavy atom. The number of hydrogen-bond acceptors (Lipinski definition) is 6. The van der Waals surface area contributed by atoms with Crippen molar-refractivity contribution in [2.75, 3.05) is 11.4 Å². The van der Waals surface area contributed by atoms with Gasteiger partial charge in [-0.3, -0.25) is 4.31 Å². The average Bonchev–Trinajstić information content (AvgIpc) is 3.31. The minimum atomic E-state index is -3.68. The van der Waals surface area contributed by atoms with Gasteiger partial charge >= 0.3 is 5.97 Å². The fourth-order valence-electron chi connectivity index (χ4n) is 2.97. The summed E-state index contributed by atoms with van der Waals surface area (Å²) in [6, 6.07) is 22.4. The van der Waals surface area contributed by atoms with Crippen molar-refractivity contribution in [1.82, 2.24) is 4.98 Å². The molecule has 8 heteroatoms. The smallest absolute Gasteiger partial charge is 0.363 e. The maximum absolute atomic E-state index is 12.8. The summed E-state index contributed by atoms with van der Waals surface area (Å²) in [4.78, 5) is 17.1. The van der Waals surface area contributed by atoms with E-state index in [4.69, 9.17) is 4.74 Å². The van der Waals surface area contributed by atoms with Crippen molar-refractivity contribution in [2.24, 2.45) is 0 Å². The molecule has 0 radical (unpaired) electrons. The lowest BCUT2D eigenvalue weighted by Gasteiger charge is -2.19. The Morgan fingerprint density at radius 2 is 1.59 bits per heavy atom. The first kappa shape index (κ1) is 21.7. The summed E-state index contributed by atoms with van der Waals surface area (Å²) in [6.45, 7) is 2.01. The number of ether oxygens (including phenoxy) is 1. The molecule has 3 aromatic carbocycles. The number of rotatable bonds is 6. The van der Waals surface area contributed by atoms with Crippen LogP contribution in [-0.4, -0.2) is 26.4 Å². The van der Waals surface area contributed by atoms with Crippen molar-refractivity contribution < 1.29 is 17.9 Å². The second-order valence-electron chi connectivity index (χ2n) is 7.07. The Labute approximate surface area is 190 Å². The molecule has 0 amide bonds. The third-order valence-corrected chi connectivity index (χ3v) is 7.52. The third-order valence-electron chi connectivity index (χ3n) is 4.82. The van der Waals surface area contributed by atoms with Gasteiger partial charge in [0, 0.05) is 18.0 Å². The average molecular weight is 465 g/mol. The van der Waals surface area contributed by atoms with E-state index in [-0.39, 0.29) is 10.6 Å². The first-order valence-electron chi connectivity index (χ1n) is 9.73. The first-order valence-corrected chi connectivity index (χ1v) is 12.1. The molecule has 0 aliphatic carbocycles. The molecule has 0 aliphatic rings. The Morgan fingerprint density at radius 3 is 2.25 bits per heavy atom. The van der Waals surface area contributed by atoms with Crippen LogP contribution in [0.5, 0.6) is 5.75 Å². The van der Waals surface area contributed by atoms with Crippen LogP contribution in [-0.2, 0) is 10.0 Å². The van der Waals surface area contributed by atoms with Gasteiger partial charge in [0.2, 0.25) is 0 Å². The molecule has 162 valence electrons. The summed E-state index contributed by atoms with van der Waals surface area (Å²) in [5.41, 5.74) is 2.75. The van der Waals surface area contributed by atoms with Gasteiger partial charge in [0.15, 0.2) is 5.69 Å². The number of aryl methyl sites for hydroxylation is 1. The molecule has 32 heavy (non-hydrogen) atoms. The Hall–Kier alpha value is -3.49. The fraction of sp³-hybridized carbons (Fsp3) is 0.0833. The molecule has 0 fully saturated rings. The molecule has 6 nitrogen and oxygen atoms in total. The quantitative estimate of drug-likeness (QED) is 0.291. The second-order valence-corrected chi connectivity index (χ2v) is 9.90. The zero-order chi connectivity index (χ0) is 22.7. The summed E-state index contributed by atoms with van der Waals surface area (Å²) in [5.74, 6) is -0.272. The van der Waals surface area contributed by atoms with Crippen LogP contribution in [0.4, 0.5) is 5.69 Å². The molecule has 1 heterocycles. The minimum absolute atomic E-state index is 0.200. The molecule has 1 aromatic heterocycles. The summed E-state index contributed by atoms with van der Waals surface area (Å²) < 4.78 is 32.1. The van der Waals surface area contributed by atoms with E-state index in [9.17, 15) is 13.2 Å². The lowest BCUT2D eigenvalue weighted by molar-refractivity contribution is 0.0729. The summed E-state index contributed by atoms with van der Waals surface area (Å²) in [6.07, 6.45) is 0. The molecule has 0 saturated carbocycles. The molecule has 0 saturated heterocycles. The molecule has 0 spiro atoms. The van der Waals surface area contributed by atoms with Gasteiger partial charge in [0.1, 0.15) is 10.8 Å². The maximum atomic E-state index is 12.8. The first-order chi connectivity index (χ1) is 15.3. The fourth-order valence-corrected chi connectivity index (χ4v) is 4.98. The Kier molecular flexibility index (Phi) is 6.07. The Balaban J connectivity index is 1.46. The van der Waals surface area contributed by atoms with Crippen LogP contribution in [0.15, 0.2) is 89.1 Å². The van der Waals surface area contributed by atoms with Crippen molar-refractivity contribution in [3.8, 4) is 16.3 Å². The molecule has 0 N–H and O–H groups in total. The number of esters is 1. The van der Waals surface area contributed by atoms with E-state index >= 15 is 0 Å². The van der Waals surface area contributed by atoms with Crippen molar-refractivity contribution in [3.63, 3.8) is 0 Å². The van der Waals surface area contributed by atoms with Gasteiger partial charge in [0.05, 0.1) is 10.6 Å². The monoisotopic (exact) mass is 464 g/mol. The normalized spacial score (nSPS) is 11.2. The summed E-state index contributed by atoms with van der Waals surface area (Å²) >= 11 is 1.37. The van der Waals surface area contributed by atoms with E-state index in [0.717, 1.165) is 16.1 Å². The summed E-state index contributed by atoms with van der Waals surface area (Å²) in [7, 11) is -2.20. The molecule has 0 aliphatic heterocycles. The van der Waals surface area contributed by atoms with E-state index in [1.54, 1.807) is 60.0 Å². The second kappa shape index (κ2) is 8.94. The lowest BCUT2D eigenvalue weighted by Crippen LogP contribution is -2.26. The van der Waals surface area contributed by atoms with E-state index in [1.807, 2.05) is 31.2 Å². The molecule has 4 aromatic rings. The highest BCUT2D eigenvalue weighted by atomic mass is 32.2. The van der Waals surface area contributed by atoms with Gasteiger partial charge in [-0.15, -0.1) is 11.3 Å². The number of carbonyl (C=O) groups is 1. The number of anilines is 1. The lowest BCUT2D eigenvalue weighted by atomic mass is 10.2. The molecule has 4 rings (SSSR count).